The second kappa shape index (κ2) is 4.75. The van der Waals surface area contributed by atoms with E-state index in [1.54, 1.807) is 6.07 Å². The minimum absolute atomic E-state index is 0.186. The Balaban J connectivity index is 1.75. The quantitative estimate of drug-likeness (QED) is 0.820. The summed E-state index contributed by atoms with van der Waals surface area (Å²) in [6.45, 7) is 3.32. The highest BCUT2D eigenvalue weighted by molar-refractivity contribution is 6.31. The van der Waals surface area contributed by atoms with Crippen molar-refractivity contribution in [2.24, 2.45) is 5.92 Å². The molecule has 94 valence electrons. The molecule has 4 nitrogen and oxygen atoms in total. The van der Waals surface area contributed by atoms with Crippen molar-refractivity contribution >= 4 is 11.6 Å². The number of nitrogens with zero attached hydrogens (tertiary/aromatic N) is 3. The number of rotatable bonds is 2. The Labute approximate surface area is 111 Å². The number of halogens is 1. The Hall–Kier alpha value is -1.31. The van der Waals surface area contributed by atoms with Gasteiger partial charge in [0.1, 0.15) is 17.2 Å². The Morgan fingerprint density at radius 3 is 2.78 bits per heavy atom. The van der Waals surface area contributed by atoms with Gasteiger partial charge in [0.2, 0.25) is 5.88 Å². The SMILES string of the molecule is N#Cc1cnc(OC2CN3CCC2CC3)c(Cl)c1. The van der Waals surface area contributed by atoms with Crippen molar-refractivity contribution in [1.29, 1.82) is 5.26 Å². The maximum absolute atomic E-state index is 8.76. The van der Waals surface area contributed by atoms with Crippen molar-refractivity contribution in [3.05, 3.63) is 22.8 Å². The normalized spacial score (nSPS) is 29.9. The number of nitriles is 1. The Morgan fingerprint density at radius 2 is 2.22 bits per heavy atom. The van der Waals surface area contributed by atoms with E-state index in [1.165, 1.54) is 32.1 Å². The van der Waals surface area contributed by atoms with Gasteiger partial charge in [0, 0.05) is 12.7 Å². The van der Waals surface area contributed by atoms with Gasteiger partial charge in [-0.3, -0.25) is 4.90 Å². The Morgan fingerprint density at radius 1 is 1.44 bits per heavy atom. The highest BCUT2D eigenvalue weighted by atomic mass is 35.5. The molecule has 0 aliphatic carbocycles. The molecular formula is C13H14ClN3O. The minimum atomic E-state index is 0.186. The molecule has 1 atom stereocenters. The average molecular weight is 264 g/mol. The first-order chi connectivity index (χ1) is 8.76. The number of aromatic nitrogens is 1. The second-order valence-corrected chi connectivity index (χ2v) is 5.32. The van der Waals surface area contributed by atoms with Crippen molar-refractivity contribution in [2.75, 3.05) is 19.6 Å². The van der Waals surface area contributed by atoms with Gasteiger partial charge in [-0.1, -0.05) is 11.6 Å². The lowest BCUT2D eigenvalue weighted by Gasteiger charge is -2.44. The molecule has 0 N–H and O–H groups in total. The molecule has 4 heterocycles. The largest absolute Gasteiger partial charge is 0.472 e. The van der Waals surface area contributed by atoms with E-state index < -0.39 is 0 Å². The molecule has 3 fully saturated rings. The van der Waals surface area contributed by atoms with Crippen LogP contribution >= 0.6 is 11.6 Å². The smallest absolute Gasteiger partial charge is 0.232 e. The van der Waals surface area contributed by atoms with Gasteiger partial charge >= 0.3 is 0 Å². The summed E-state index contributed by atoms with van der Waals surface area (Å²) in [7, 11) is 0. The second-order valence-electron chi connectivity index (χ2n) is 4.92. The summed E-state index contributed by atoms with van der Waals surface area (Å²) in [5.74, 6) is 1.07. The van der Waals surface area contributed by atoms with E-state index in [0.717, 1.165) is 6.54 Å². The van der Waals surface area contributed by atoms with Crippen LogP contribution in [0.15, 0.2) is 12.3 Å². The van der Waals surface area contributed by atoms with Gasteiger partial charge in [-0.05, 0) is 37.9 Å². The number of pyridine rings is 1. The molecule has 4 rings (SSSR count). The third kappa shape index (κ3) is 2.16. The van der Waals surface area contributed by atoms with Gasteiger partial charge in [-0.15, -0.1) is 0 Å². The summed E-state index contributed by atoms with van der Waals surface area (Å²) >= 11 is 6.08. The molecule has 3 aliphatic rings. The van der Waals surface area contributed by atoms with Gasteiger partial charge in [0.25, 0.3) is 0 Å². The van der Waals surface area contributed by atoms with Crippen molar-refractivity contribution in [3.8, 4) is 11.9 Å². The third-order valence-electron chi connectivity index (χ3n) is 3.80. The maximum atomic E-state index is 8.76. The van der Waals surface area contributed by atoms with Crippen LogP contribution in [0.4, 0.5) is 0 Å². The summed E-state index contributed by atoms with van der Waals surface area (Å²) in [6, 6.07) is 3.62. The van der Waals surface area contributed by atoms with Gasteiger partial charge in [0.15, 0.2) is 0 Å². The standard InChI is InChI=1S/C13H14ClN3O/c14-11-5-9(6-15)7-16-13(11)18-12-8-17-3-1-10(12)2-4-17/h5,7,10,12H,1-4,8H2. The summed E-state index contributed by atoms with van der Waals surface area (Å²) < 4.78 is 5.93. The number of piperidine rings is 3. The summed E-state index contributed by atoms with van der Waals surface area (Å²) in [4.78, 5) is 6.55. The number of fused-ring (bicyclic) bond motifs is 3. The Kier molecular flexibility index (Phi) is 3.11. The predicted molar refractivity (Wildman–Crippen MR) is 67.5 cm³/mol. The van der Waals surface area contributed by atoms with E-state index in [1.807, 2.05) is 6.07 Å². The van der Waals surface area contributed by atoms with Gasteiger partial charge in [-0.25, -0.2) is 4.98 Å². The highest BCUT2D eigenvalue weighted by Gasteiger charge is 2.36. The monoisotopic (exact) mass is 263 g/mol. The van der Waals surface area contributed by atoms with E-state index >= 15 is 0 Å². The molecule has 1 aromatic rings. The molecule has 2 bridgehead atoms. The third-order valence-corrected chi connectivity index (χ3v) is 4.07. The molecule has 1 unspecified atom stereocenters. The Bertz CT molecular complexity index is 491. The van der Waals surface area contributed by atoms with Crippen LogP contribution in [0.2, 0.25) is 5.02 Å². The van der Waals surface area contributed by atoms with Crippen LogP contribution < -0.4 is 4.74 Å². The van der Waals surface area contributed by atoms with E-state index in [-0.39, 0.29) is 6.10 Å². The molecule has 18 heavy (non-hydrogen) atoms. The number of ether oxygens (including phenoxy) is 1. The minimum Gasteiger partial charge on any atom is -0.472 e. The van der Waals surface area contributed by atoms with Crippen LogP contribution in [0.25, 0.3) is 0 Å². The van der Waals surface area contributed by atoms with Crippen molar-refractivity contribution in [1.82, 2.24) is 9.88 Å². The molecular weight excluding hydrogens is 250 g/mol. The van der Waals surface area contributed by atoms with E-state index in [0.29, 0.717) is 22.4 Å². The van der Waals surface area contributed by atoms with Crippen molar-refractivity contribution in [2.45, 2.75) is 18.9 Å². The lowest BCUT2D eigenvalue weighted by Crippen LogP contribution is -2.52. The fourth-order valence-corrected chi connectivity index (χ4v) is 2.97. The molecule has 3 saturated heterocycles. The van der Waals surface area contributed by atoms with Crippen molar-refractivity contribution < 1.29 is 4.74 Å². The fourth-order valence-electron chi connectivity index (χ4n) is 2.76. The van der Waals surface area contributed by atoms with Crippen LogP contribution in [-0.2, 0) is 0 Å². The molecule has 0 radical (unpaired) electrons. The molecule has 0 aromatic carbocycles. The molecule has 0 spiro atoms. The average Bonchev–Trinajstić information content (AvgIpc) is 2.42. The van der Waals surface area contributed by atoms with Crippen LogP contribution in [-0.4, -0.2) is 35.6 Å². The van der Waals surface area contributed by atoms with E-state index in [9.17, 15) is 0 Å². The summed E-state index contributed by atoms with van der Waals surface area (Å²) in [5, 5.41) is 9.19. The van der Waals surface area contributed by atoms with Crippen LogP contribution in [0.5, 0.6) is 5.88 Å². The lowest BCUT2D eigenvalue weighted by atomic mass is 9.86. The van der Waals surface area contributed by atoms with Gasteiger partial charge < -0.3 is 4.74 Å². The molecule has 0 amide bonds. The number of hydrogen-bond donors (Lipinski definition) is 0. The van der Waals surface area contributed by atoms with E-state index in [2.05, 4.69) is 9.88 Å². The molecule has 1 aromatic heterocycles. The zero-order valence-electron chi connectivity index (χ0n) is 9.97. The van der Waals surface area contributed by atoms with Gasteiger partial charge in [-0.2, -0.15) is 5.26 Å². The fraction of sp³-hybridized carbons (Fsp3) is 0.538. The van der Waals surface area contributed by atoms with Crippen LogP contribution in [0.3, 0.4) is 0 Å². The molecule has 3 aliphatic heterocycles. The lowest BCUT2D eigenvalue weighted by molar-refractivity contribution is -0.00988. The van der Waals surface area contributed by atoms with E-state index in [4.69, 9.17) is 21.6 Å². The topological polar surface area (TPSA) is 49.1 Å². The molecule has 0 saturated carbocycles. The maximum Gasteiger partial charge on any atom is 0.232 e. The van der Waals surface area contributed by atoms with Crippen molar-refractivity contribution in [3.63, 3.8) is 0 Å². The highest BCUT2D eigenvalue weighted by Crippen LogP contribution is 2.32. The zero-order chi connectivity index (χ0) is 12.5. The summed E-state index contributed by atoms with van der Waals surface area (Å²) in [6.07, 6.45) is 4.07. The zero-order valence-corrected chi connectivity index (χ0v) is 10.7. The number of hydrogen-bond acceptors (Lipinski definition) is 4. The molecule has 5 heteroatoms. The first-order valence-corrected chi connectivity index (χ1v) is 6.58. The first kappa shape index (κ1) is 11.8. The van der Waals surface area contributed by atoms with Crippen LogP contribution in [0.1, 0.15) is 18.4 Å². The van der Waals surface area contributed by atoms with Gasteiger partial charge in [0.05, 0.1) is 5.56 Å². The first-order valence-electron chi connectivity index (χ1n) is 6.21. The van der Waals surface area contributed by atoms with Crippen LogP contribution in [0, 0.1) is 17.2 Å². The summed E-state index contributed by atoms with van der Waals surface area (Å²) in [5.41, 5.74) is 0.460. The predicted octanol–water partition coefficient (Wildman–Crippen LogP) is 2.08.